The molecule has 78 valence electrons. The third-order valence-electron chi connectivity index (χ3n) is 1.85. The number of hydrogen-bond acceptors (Lipinski definition) is 3. The van der Waals surface area contributed by atoms with Gasteiger partial charge in [0.15, 0.2) is 5.16 Å². The number of benzene rings is 1. The van der Waals surface area contributed by atoms with Gasteiger partial charge in [-0.2, -0.15) is 0 Å². The minimum absolute atomic E-state index is 0.743. The number of thioether (sulfide) groups is 1. The maximum atomic E-state index is 5.68. The minimum Gasteiger partial charge on any atom is -0.399 e. The summed E-state index contributed by atoms with van der Waals surface area (Å²) in [5.41, 5.74) is 8.33. The SMILES string of the molecule is C=C(Br)CSc1nc2ccc(N)cc2[nH]1. The van der Waals surface area contributed by atoms with Gasteiger partial charge in [-0.3, -0.25) is 0 Å². The number of nitrogens with two attached hydrogens (primary N) is 1. The molecule has 3 nitrogen and oxygen atoms in total. The van der Waals surface area contributed by atoms with E-state index in [9.17, 15) is 0 Å². The van der Waals surface area contributed by atoms with Gasteiger partial charge in [0.25, 0.3) is 0 Å². The highest BCUT2D eigenvalue weighted by Crippen LogP contribution is 2.23. The van der Waals surface area contributed by atoms with Gasteiger partial charge in [0.05, 0.1) is 11.0 Å². The number of halogens is 1. The van der Waals surface area contributed by atoms with Gasteiger partial charge in [0.1, 0.15) is 0 Å². The highest BCUT2D eigenvalue weighted by atomic mass is 79.9. The largest absolute Gasteiger partial charge is 0.399 e. The summed E-state index contributed by atoms with van der Waals surface area (Å²) in [4.78, 5) is 7.62. The van der Waals surface area contributed by atoms with Crippen molar-refractivity contribution in [1.29, 1.82) is 0 Å². The van der Waals surface area contributed by atoms with Crippen LogP contribution in [0.1, 0.15) is 0 Å². The quantitative estimate of drug-likeness (QED) is 0.672. The molecule has 0 fully saturated rings. The normalized spacial score (nSPS) is 10.7. The standard InChI is InChI=1S/C10H10BrN3S/c1-6(11)5-15-10-13-8-3-2-7(12)4-9(8)14-10/h2-4H,1,5,12H2,(H,13,14). The molecule has 0 amide bonds. The van der Waals surface area contributed by atoms with Crippen molar-refractivity contribution < 1.29 is 0 Å². The summed E-state index contributed by atoms with van der Waals surface area (Å²) in [6.07, 6.45) is 0. The molecule has 1 aromatic carbocycles. The number of nitrogen functional groups attached to an aromatic ring is 1. The molecule has 3 N–H and O–H groups in total. The molecular formula is C10H10BrN3S. The van der Waals surface area contributed by atoms with Crippen molar-refractivity contribution >= 4 is 44.4 Å². The first-order valence-electron chi connectivity index (χ1n) is 4.36. The van der Waals surface area contributed by atoms with Crippen LogP contribution in [0.2, 0.25) is 0 Å². The lowest BCUT2D eigenvalue weighted by Gasteiger charge is -1.93. The fourth-order valence-corrected chi connectivity index (χ4v) is 2.20. The summed E-state index contributed by atoms with van der Waals surface area (Å²) in [6, 6.07) is 5.64. The van der Waals surface area contributed by atoms with E-state index in [1.807, 2.05) is 18.2 Å². The molecule has 0 aliphatic carbocycles. The molecule has 0 unspecified atom stereocenters. The Morgan fingerprint density at radius 3 is 3.13 bits per heavy atom. The monoisotopic (exact) mass is 283 g/mol. The highest BCUT2D eigenvalue weighted by molar-refractivity contribution is 9.11. The van der Waals surface area contributed by atoms with Crippen LogP contribution in [0.25, 0.3) is 11.0 Å². The average Bonchev–Trinajstić information content (AvgIpc) is 2.56. The van der Waals surface area contributed by atoms with E-state index in [4.69, 9.17) is 5.73 Å². The lowest BCUT2D eigenvalue weighted by molar-refractivity contribution is 1.08. The van der Waals surface area contributed by atoms with E-state index in [0.717, 1.165) is 32.1 Å². The van der Waals surface area contributed by atoms with Gasteiger partial charge in [-0.05, 0) is 22.7 Å². The van der Waals surface area contributed by atoms with Gasteiger partial charge in [0, 0.05) is 11.4 Å². The Balaban J connectivity index is 2.27. The number of nitrogens with one attached hydrogen (secondary N) is 1. The molecule has 2 rings (SSSR count). The van der Waals surface area contributed by atoms with E-state index < -0.39 is 0 Å². The van der Waals surface area contributed by atoms with Crippen LogP contribution in [0.3, 0.4) is 0 Å². The first-order chi connectivity index (χ1) is 7.15. The van der Waals surface area contributed by atoms with Crippen molar-refractivity contribution in [3.63, 3.8) is 0 Å². The molecule has 0 radical (unpaired) electrons. The number of fused-ring (bicyclic) bond motifs is 1. The Morgan fingerprint density at radius 1 is 1.60 bits per heavy atom. The molecule has 0 aliphatic heterocycles. The van der Waals surface area contributed by atoms with Crippen molar-refractivity contribution in [2.24, 2.45) is 0 Å². The summed E-state index contributed by atoms with van der Waals surface area (Å²) in [6.45, 7) is 3.77. The second-order valence-corrected chi connectivity index (χ2v) is 5.21. The van der Waals surface area contributed by atoms with Crippen LogP contribution in [0.4, 0.5) is 5.69 Å². The predicted octanol–water partition coefficient (Wildman–Crippen LogP) is 3.15. The lowest BCUT2D eigenvalue weighted by Crippen LogP contribution is -1.82. The first-order valence-corrected chi connectivity index (χ1v) is 6.14. The van der Waals surface area contributed by atoms with Crippen LogP contribution in [0.15, 0.2) is 34.4 Å². The third kappa shape index (κ3) is 2.54. The van der Waals surface area contributed by atoms with Crippen LogP contribution in [0, 0.1) is 0 Å². The van der Waals surface area contributed by atoms with Crippen molar-refractivity contribution in [3.8, 4) is 0 Å². The maximum absolute atomic E-state index is 5.68. The molecule has 0 saturated carbocycles. The van der Waals surface area contributed by atoms with Gasteiger partial charge in [-0.15, -0.1) is 0 Å². The second-order valence-electron chi connectivity index (χ2n) is 3.12. The smallest absolute Gasteiger partial charge is 0.166 e. The Labute approximate surface area is 100 Å². The van der Waals surface area contributed by atoms with Crippen LogP contribution < -0.4 is 5.73 Å². The zero-order chi connectivity index (χ0) is 10.8. The number of rotatable bonds is 3. The highest BCUT2D eigenvalue weighted by Gasteiger charge is 2.03. The van der Waals surface area contributed by atoms with E-state index in [1.54, 1.807) is 11.8 Å². The Morgan fingerprint density at radius 2 is 2.40 bits per heavy atom. The predicted molar refractivity (Wildman–Crippen MR) is 69.3 cm³/mol. The molecule has 1 aromatic heterocycles. The number of aromatic amines is 1. The summed E-state index contributed by atoms with van der Waals surface area (Å²) >= 11 is 4.92. The van der Waals surface area contributed by atoms with Crippen LogP contribution in [0.5, 0.6) is 0 Å². The molecule has 1 heterocycles. The van der Waals surface area contributed by atoms with E-state index >= 15 is 0 Å². The van der Waals surface area contributed by atoms with Crippen molar-refractivity contribution in [2.45, 2.75) is 5.16 Å². The van der Waals surface area contributed by atoms with Crippen LogP contribution in [-0.2, 0) is 0 Å². The molecule has 0 atom stereocenters. The topological polar surface area (TPSA) is 54.7 Å². The summed E-state index contributed by atoms with van der Waals surface area (Å²) in [5.74, 6) is 0.801. The second kappa shape index (κ2) is 4.28. The fraction of sp³-hybridized carbons (Fsp3) is 0.100. The molecule has 0 bridgehead atoms. The Kier molecular flexibility index (Phi) is 3.02. The number of aromatic nitrogens is 2. The van der Waals surface area contributed by atoms with Gasteiger partial charge < -0.3 is 10.7 Å². The van der Waals surface area contributed by atoms with Crippen LogP contribution in [-0.4, -0.2) is 15.7 Å². The molecule has 2 aromatic rings. The molecule has 0 aliphatic rings. The number of H-pyrrole nitrogens is 1. The number of hydrogen-bond donors (Lipinski definition) is 2. The Hall–Kier alpha value is -0.940. The average molecular weight is 284 g/mol. The van der Waals surface area contributed by atoms with E-state index in [0.29, 0.717) is 0 Å². The van der Waals surface area contributed by atoms with E-state index in [-0.39, 0.29) is 0 Å². The zero-order valence-electron chi connectivity index (χ0n) is 7.96. The third-order valence-corrected chi connectivity index (χ3v) is 3.46. The molecule has 0 spiro atoms. The van der Waals surface area contributed by atoms with E-state index in [1.165, 1.54) is 0 Å². The Bertz CT molecular complexity index is 506. The first kappa shape index (κ1) is 10.6. The molecule has 15 heavy (non-hydrogen) atoms. The lowest BCUT2D eigenvalue weighted by atomic mass is 10.3. The van der Waals surface area contributed by atoms with Gasteiger partial charge in [-0.1, -0.05) is 34.3 Å². The van der Waals surface area contributed by atoms with E-state index in [2.05, 4.69) is 32.5 Å². The molecule has 5 heteroatoms. The number of anilines is 1. The number of imidazole rings is 1. The summed E-state index contributed by atoms with van der Waals surface area (Å²) < 4.78 is 0.951. The zero-order valence-corrected chi connectivity index (χ0v) is 10.4. The van der Waals surface area contributed by atoms with Gasteiger partial charge >= 0.3 is 0 Å². The minimum atomic E-state index is 0.743. The maximum Gasteiger partial charge on any atom is 0.166 e. The van der Waals surface area contributed by atoms with Crippen LogP contribution >= 0.6 is 27.7 Å². The fourth-order valence-electron chi connectivity index (χ4n) is 1.22. The molecular weight excluding hydrogens is 274 g/mol. The number of nitrogens with zero attached hydrogens (tertiary/aromatic N) is 1. The van der Waals surface area contributed by atoms with Crippen molar-refractivity contribution in [2.75, 3.05) is 11.5 Å². The molecule has 0 saturated heterocycles. The van der Waals surface area contributed by atoms with Gasteiger partial charge in [0.2, 0.25) is 0 Å². The van der Waals surface area contributed by atoms with Crippen molar-refractivity contribution in [1.82, 2.24) is 9.97 Å². The summed E-state index contributed by atoms with van der Waals surface area (Å²) in [7, 11) is 0. The van der Waals surface area contributed by atoms with Crippen molar-refractivity contribution in [3.05, 3.63) is 29.3 Å². The van der Waals surface area contributed by atoms with Gasteiger partial charge in [-0.25, -0.2) is 4.98 Å². The summed E-state index contributed by atoms with van der Waals surface area (Å²) in [5, 5.41) is 0.885.